The van der Waals surface area contributed by atoms with Gasteiger partial charge in [0.1, 0.15) is 11.6 Å². The molecule has 5 nitrogen and oxygen atoms in total. The minimum atomic E-state index is -0.442. The third-order valence-electron chi connectivity index (χ3n) is 5.10. The molecule has 1 amide bonds. The van der Waals surface area contributed by atoms with E-state index in [9.17, 15) is 14.3 Å². The fourth-order valence-corrected chi connectivity index (χ4v) is 4.30. The van der Waals surface area contributed by atoms with Gasteiger partial charge in [-0.2, -0.15) is 0 Å². The smallest absolute Gasteiger partial charge is 0.225 e. The van der Waals surface area contributed by atoms with Gasteiger partial charge in [-0.3, -0.25) is 9.78 Å². The Morgan fingerprint density at radius 3 is 2.87 bits per heavy atom. The van der Waals surface area contributed by atoms with E-state index in [1.54, 1.807) is 36.7 Å². The second kappa shape index (κ2) is 8.89. The minimum absolute atomic E-state index is 0.132. The Morgan fingerprint density at radius 1 is 1.26 bits per heavy atom. The highest BCUT2D eigenvalue weighted by molar-refractivity contribution is 9.10. The summed E-state index contributed by atoms with van der Waals surface area (Å²) in [5, 5.41) is 13.6. The molecular formula is C24H21BrFN3O2. The number of nitrogens with one attached hydrogen (secondary N) is 2. The molecule has 1 atom stereocenters. The zero-order valence-electron chi connectivity index (χ0n) is 16.8. The summed E-state index contributed by atoms with van der Waals surface area (Å²) in [5.41, 5.74) is 3.90. The summed E-state index contributed by atoms with van der Waals surface area (Å²) in [5.74, 6) is -0.357. The molecule has 0 saturated carbocycles. The maximum absolute atomic E-state index is 13.9. The fourth-order valence-electron chi connectivity index (χ4n) is 3.77. The molecule has 4 aromatic rings. The SMILES string of the molecule is Cc1cc(F)cc(CC(NC(=O)Cc2c[nH]c3ccc(O)cc23)c2ncccc2Br)c1. The van der Waals surface area contributed by atoms with E-state index in [-0.39, 0.29) is 23.9 Å². The molecule has 0 aliphatic carbocycles. The summed E-state index contributed by atoms with van der Waals surface area (Å²) in [6.07, 6.45) is 3.96. The zero-order valence-corrected chi connectivity index (χ0v) is 18.4. The van der Waals surface area contributed by atoms with E-state index < -0.39 is 6.04 Å². The van der Waals surface area contributed by atoms with E-state index in [4.69, 9.17) is 0 Å². The molecule has 1 unspecified atom stereocenters. The van der Waals surface area contributed by atoms with Gasteiger partial charge < -0.3 is 15.4 Å². The number of pyridine rings is 1. The van der Waals surface area contributed by atoms with E-state index in [0.717, 1.165) is 32.1 Å². The maximum atomic E-state index is 13.9. The van der Waals surface area contributed by atoms with E-state index in [2.05, 4.69) is 31.2 Å². The van der Waals surface area contributed by atoms with Crippen LogP contribution in [0.2, 0.25) is 0 Å². The summed E-state index contributed by atoms with van der Waals surface area (Å²) >= 11 is 3.51. The van der Waals surface area contributed by atoms with Gasteiger partial charge in [-0.25, -0.2) is 4.39 Å². The second-order valence-electron chi connectivity index (χ2n) is 7.55. The first-order chi connectivity index (χ1) is 14.9. The molecule has 0 aliphatic heterocycles. The predicted molar refractivity (Wildman–Crippen MR) is 121 cm³/mol. The Morgan fingerprint density at radius 2 is 2.10 bits per heavy atom. The van der Waals surface area contributed by atoms with Gasteiger partial charge in [-0.1, -0.05) is 6.07 Å². The lowest BCUT2D eigenvalue weighted by Gasteiger charge is -2.20. The lowest BCUT2D eigenvalue weighted by molar-refractivity contribution is -0.121. The van der Waals surface area contributed by atoms with E-state index in [1.165, 1.54) is 12.1 Å². The van der Waals surface area contributed by atoms with Crippen LogP contribution in [0.5, 0.6) is 5.75 Å². The standard InChI is InChI=1S/C24H21BrFN3O2/c1-14-7-15(9-17(26)8-14)10-22(24-20(25)3-2-6-27-24)29-23(31)11-16-13-28-21-5-4-18(30)12-19(16)21/h2-9,12-13,22,28,30H,10-11H2,1H3,(H,29,31). The van der Waals surface area contributed by atoms with Crippen LogP contribution in [0.3, 0.4) is 0 Å². The first-order valence-corrected chi connectivity index (χ1v) is 10.6. The minimum Gasteiger partial charge on any atom is -0.508 e. The van der Waals surface area contributed by atoms with Crippen molar-refractivity contribution in [3.63, 3.8) is 0 Å². The third-order valence-corrected chi connectivity index (χ3v) is 5.77. The number of fused-ring (bicyclic) bond motifs is 1. The van der Waals surface area contributed by atoms with Gasteiger partial charge in [0.25, 0.3) is 0 Å². The number of halogens is 2. The highest BCUT2D eigenvalue weighted by Gasteiger charge is 2.20. The third kappa shape index (κ3) is 4.94. The average molecular weight is 482 g/mol. The van der Waals surface area contributed by atoms with Gasteiger partial charge >= 0.3 is 0 Å². The van der Waals surface area contributed by atoms with Crippen LogP contribution in [0.1, 0.15) is 28.4 Å². The molecule has 0 aliphatic rings. The monoisotopic (exact) mass is 481 g/mol. The van der Waals surface area contributed by atoms with Crippen molar-refractivity contribution in [2.75, 3.05) is 0 Å². The molecule has 2 aromatic carbocycles. The molecule has 31 heavy (non-hydrogen) atoms. The van der Waals surface area contributed by atoms with Crippen LogP contribution >= 0.6 is 15.9 Å². The molecule has 158 valence electrons. The number of phenols is 1. The number of hydrogen-bond donors (Lipinski definition) is 3. The number of carbonyl (C=O) groups excluding carboxylic acids is 1. The number of phenolic OH excluding ortho intramolecular Hbond substituents is 1. The number of aromatic nitrogens is 2. The van der Waals surface area contributed by atoms with Gasteiger partial charge in [0.2, 0.25) is 5.91 Å². The van der Waals surface area contributed by atoms with Crippen molar-refractivity contribution in [3.8, 4) is 5.75 Å². The summed E-state index contributed by atoms with van der Waals surface area (Å²) in [6, 6.07) is 13.1. The van der Waals surface area contributed by atoms with E-state index in [1.807, 2.05) is 19.1 Å². The Bertz CT molecular complexity index is 1230. The quantitative estimate of drug-likeness (QED) is 0.357. The highest BCUT2D eigenvalue weighted by atomic mass is 79.9. The Hall–Kier alpha value is -3.19. The van der Waals surface area contributed by atoms with Crippen LogP contribution in [0.15, 0.2) is 65.4 Å². The highest BCUT2D eigenvalue weighted by Crippen LogP contribution is 2.26. The molecule has 3 N–H and O–H groups in total. The van der Waals surface area contributed by atoms with Crippen LogP contribution < -0.4 is 5.32 Å². The van der Waals surface area contributed by atoms with Gasteiger partial charge in [0.15, 0.2) is 0 Å². The molecule has 4 rings (SSSR count). The number of aryl methyl sites for hydroxylation is 1. The largest absolute Gasteiger partial charge is 0.508 e. The van der Waals surface area contributed by atoms with Crippen LogP contribution in [0.25, 0.3) is 10.9 Å². The van der Waals surface area contributed by atoms with Crippen molar-refractivity contribution in [2.24, 2.45) is 0 Å². The number of hydrogen-bond acceptors (Lipinski definition) is 3. The maximum Gasteiger partial charge on any atom is 0.225 e. The van der Waals surface area contributed by atoms with Gasteiger partial charge in [0, 0.05) is 27.8 Å². The number of aromatic hydroxyl groups is 1. The molecule has 0 radical (unpaired) electrons. The van der Waals surface area contributed by atoms with Crippen molar-refractivity contribution >= 4 is 32.7 Å². The summed E-state index contributed by atoms with van der Waals surface area (Å²) < 4.78 is 14.7. The van der Waals surface area contributed by atoms with Gasteiger partial charge in [-0.15, -0.1) is 0 Å². The lowest BCUT2D eigenvalue weighted by Crippen LogP contribution is -2.32. The van der Waals surface area contributed by atoms with Crippen LogP contribution in [0.4, 0.5) is 4.39 Å². The van der Waals surface area contributed by atoms with Crippen LogP contribution in [-0.4, -0.2) is 21.0 Å². The van der Waals surface area contributed by atoms with E-state index in [0.29, 0.717) is 12.1 Å². The number of amides is 1. The first kappa shape index (κ1) is 21.1. The summed E-state index contributed by atoms with van der Waals surface area (Å²) in [6.45, 7) is 1.84. The average Bonchev–Trinajstić information content (AvgIpc) is 3.09. The van der Waals surface area contributed by atoms with Crippen molar-refractivity contribution in [2.45, 2.75) is 25.8 Å². The topological polar surface area (TPSA) is 78.0 Å². The Labute approximate surface area is 187 Å². The van der Waals surface area contributed by atoms with Crippen LogP contribution in [0, 0.1) is 12.7 Å². The van der Waals surface area contributed by atoms with E-state index >= 15 is 0 Å². The van der Waals surface area contributed by atoms with Crippen molar-refractivity contribution < 1.29 is 14.3 Å². The molecule has 2 heterocycles. The number of rotatable bonds is 6. The number of H-pyrrole nitrogens is 1. The number of carbonyl (C=O) groups is 1. The summed E-state index contributed by atoms with van der Waals surface area (Å²) in [7, 11) is 0. The van der Waals surface area contributed by atoms with Crippen molar-refractivity contribution in [1.82, 2.24) is 15.3 Å². The Balaban J connectivity index is 1.59. The summed E-state index contributed by atoms with van der Waals surface area (Å²) in [4.78, 5) is 20.5. The van der Waals surface area contributed by atoms with Crippen molar-refractivity contribution in [3.05, 3.63) is 93.6 Å². The van der Waals surface area contributed by atoms with Crippen molar-refractivity contribution in [1.29, 1.82) is 0 Å². The number of benzene rings is 2. The molecule has 0 bridgehead atoms. The normalized spacial score (nSPS) is 12.1. The molecular weight excluding hydrogens is 461 g/mol. The molecule has 7 heteroatoms. The molecule has 0 saturated heterocycles. The Kier molecular flexibility index (Phi) is 6.04. The fraction of sp³-hybridized carbons (Fsp3) is 0.167. The molecule has 2 aromatic heterocycles. The van der Waals surface area contributed by atoms with Crippen LogP contribution in [-0.2, 0) is 17.6 Å². The van der Waals surface area contributed by atoms with Gasteiger partial charge in [0.05, 0.1) is 18.2 Å². The molecule has 0 spiro atoms. The predicted octanol–water partition coefficient (Wildman–Crippen LogP) is 5.12. The first-order valence-electron chi connectivity index (χ1n) is 9.84. The number of aromatic amines is 1. The van der Waals surface area contributed by atoms with Gasteiger partial charge in [-0.05, 0) is 88.4 Å². The zero-order chi connectivity index (χ0) is 22.0. The lowest BCUT2D eigenvalue weighted by atomic mass is 10.00. The second-order valence-corrected chi connectivity index (χ2v) is 8.41. The number of nitrogens with zero attached hydrogens (tertiary/aromatic N) is 1. The molecule has 0 fully saturated rings.